The molecule has 0 aromatic heterocycles. The highest BCUT2D eigenvalue weighted by Crippen LogP contribution is 2.20. The number of aromatic hydroxyl groups is 2. The molecule has 0 aliphatic heterocycles. The number of ketones is 1. The highest BCUT2D eigenvalue weighted by molar-refractivity contribution is 5.98. The first-order valence-corrected chi connectivity index (χ1v) is 5.09. The van der Waals surface area contributed by atoms with E-state index in [0.29, 0.717) is 5.56 Å². The Hall–Kier alpha value is -1.26. The first kappa shape index (κ1) is 15.7. The van der Waals surface area contributed by atoms with E-state index < -0.39 is 0 Å². The second kappa shape index (κ2) is 5.89. The Balaban J connectivity index is 0.00000256. The molecule has 0 saturated carbocycles. The summed E-state index contributed by atoms with van der Waals surface area (Å²) in [5.41, 5.74) is 0.156. The zero-order valence-electron chi connectivity index (χ0n) is 10.2. The molecule has 0 spiro atoms. The molecule has 0 bridgehead atoms. The molecule has 0 atom stereocenters. The number of phenolic OH excluding ortho intramolecular Hbond substituents is 2. The summed E-state index contributed by atoms with van der Waals surface area (Å²) in [4.78, 5) is 11.7. The minimum Gasteiger partial charge on any atom is -0.508 e. The number of carbonyl (C=O) groups is 1. The van der Waals surface area contributed by atoms with Gasteiger partial charge in [-0.05, 0) is 32.9 Å². The van der Waals surface area contributed by atoms with Gasteiger partial charge in [-0.15, -0.1) is 12.4 Å². The zero-order chi connectivity index (χ0) is 12.3. The van der Waals surface area contributed by atoms with Crippen molar-refractivity contribution in [2.45, 2.75) is 26.3 Å². The monoisotopic (exact) mass is 259 g/mol. The van der Waals surface area contributed by atoms with E-state index in [1.807, 2.05) is 20.8 Å². The van der Waals surface area contributed by atoms with Crippen molar-refractivity contribution >= 4 is 18.2 Å². The van der Waals surface area contributed by atoms with Crippen molar-refractivity contribution in [1.82, 2.24) is 5.32 Å². The molecule has 5 heteroatoms. The van der Waals surface area contributed by atoms with Crippen LogP contribution >= 0.6 is 12.4 Å². The van der Waals surface area contributed by atoms with Gasteiger partial charge >= 0.3 is 0 Å². The topological polar surface area (TPSA) is 69.6 Å². The van der Waals surface area contributed by atoms with E-state index >= 15 is 0 Å². The Bertz CT molecular complexity index is 379. The van der Waals surface area contributed by atoms with Gasteiger partial charge in [0.15, 0.2) is 5.78 Å². The first-order chi connectivity index (χ1) is 7.28. The average Bonchev–Trinajstić information content (AvgIpc) is 2.11. The van der Waals surface area contributed by atoms with Crippen LogP contribution in [-0.2, 0) is 0 Å². The van der Waals surface area contributed by atoms with Crippen molar-refractivity contribution in [1.29, 1.82) is 0 Å². The molecule has 0 fully saturated rings. The molecule has 0 aliphatic rings. The van der Waals surface area contributed by atoms with Crippen LogP contribution in [0, 0.1) is 0 Å². The maximum absolute atomic E-state index is 11.7. The van der Waals surface area contributed by atoms with Crippen molar-refractivity contribution < 1.29 is 15.0 Å². The third kappa shape index (κ3) is 5.56. The highest BCUT2D eigenvalue weighted by Gasteiger charge is 2.13. The van der Waals surface area contributed by atoms with Crippen LogP contribution in [-0.4, -0.2) is 28.1 Å². The number of Topliss-reactive ketones (excluding diaryl/α,β-unsaturated/α-hetero) is 1. The molecule has 0 heterocycles. The Morgan fingerprint density at radius 1 is 1.18 bits per heavy atom. The second-order valence-corrected chi connectivity index (χ2v) is 4.76. The van der Waals surface area contributed by atoms with E-state index in [1.165, 1.54) is 18.2 Å². The lowest BCUT2D eigenvalue weighted by molar-refractivity contribution is 0.0981. The number of rotatable bonds is 3. The molecule has 0 amide bonds. The quantitative estimate of drug-likeness (QED) is 0.727. The van der Waals surface area contributed by atoms with Crippen LogP contribution in [0.3, 0.4) is 0 Å². The lowest BCUT2D eigenvalue weighted by atomic mass is 10.1. The summed E-state index contributed by atoms with van der Waals surface area (Å²) in [5.74, 6) is -0.389. The van der Waals surface area contributed by atoms with E-state index in [-0.39, 0.29) is 41.8 Å². The normalized spacial score (nSPS) is 10.8. The Labute approximate surface area is 107 Å². The van der Waals surface area contributed by atoms with E-state index in [4.69, 9.17) is 0 Å². The second-order valence-electron chi connectivity index (χ2n) is 4.76. The summed E-state index contributed by atoms with van der Waals surface area (Å²) in [7, 11) is 0. The molecule has 1 aromatic carbocycles. The summed E-state index contributed by atoms with van der Waals surface area (Å²) in [5, 5.41) is 21.5. The summed E-state index contributed by atoms with van der Waals surface area (Å²) >= 11 is 0. The lowest BCUT2D eigenvalue weighted by Crippen LogP contribution is -2.39. The molecular weight excluding hydrogens is 242 g/mol. The number of hydrogen-bond acceptors (Lipinski definition) is 4. The third-order valence-corrected chi connectivity index (χ3v) is 2.00. The summed E-state index contributed by atoms with van der Waals surface area (Å²) in [6.45, 7) is 6.05. The van der Waals surface area contributed by atoms with Crippen LogP contribution < -0.4 is 5.32 Å². The molecule has 0 radical (unpaired) electrons. The number of benzene rings is 1. The molecular formula is C12H18ClNO3. The van der Waals surface area contributed by atoms with Crippen molar-refractivity contribution in [3.8, 4) is 11.5 Å². The molecule has 96 valence electrons. The predicted octanol–water partition coefficient (Wildman–Crippen LogP) is 2.09. The summed E-state index contributed by atoms with van der Waals surface area (Å²) in [6.07, 6.45) is 0. The van der Waals surface area contributed by atoms with E-state index in [1.54, 1.807) is 0 Å². The largest absolute Gasteiger partial charge is 0.508 e. The maximum Gasteiger partial charge on any atom is 0.176 e. The summed E-state index contributed by atoms with van der Waals surface area (Å²) < 4.78 is 0. The third-order valence-electron chi connectivity index (χ3n) is 2.00. The van der Waals surface area contributed by atoms with Crippen molar-refractivity contribution in [3.63, 3.8) is 0 Å². The number of phenols is 2. The van der Waals surface area contributed by atoms with Gasteiger partial charge in [0.05, 0.1) is 6.54 Å². The smallest absolute Gasteiger partial charge is 0.176 e. The van der Waals surface area contributed by atoms with Gasteiger partial charge < -0.3 is 15.5 Å². The van der Waals surface area contributed by atoms with Gasteiger partial charge in [-0.1, -0.05) is 0 Å². The molecule has 3 N–H and O–H groups in total. The minimum atomic E-state index is -0.166. The average molecular weight is 260 g/mol. The van der Waals surface area contributed by atoms with Gasteiger partial charge in [-0.25, -0.2) is 0 Å². The molecule has 1 rings (SSSR count). The van der Waals surface area contributed by atoms with Crippen LogP contribution in [0.25, 0.3) is 0 Å². The number of carbonyl (C=O) groups excluding carboxylic acids is 1. The highest BCUT2D eigenvalue weighted by atomic mass is 35.5. The molecule has 1 aromatic rings. The predicted molar refractivity (Wildman–Crippen MR) is 69.1 cm³/mol. The van der Waals surface area contributed by atoms with Gasteiger partial charge in [0.1, 0.15) is 11.5 Å². The standard InChI is InChI=1S/C12H17NO3.ClH/c1-12(2,3)13-7-11(16)8-4-9(14)6-10(15)5-8;/h4-6,13-15H,7H2,1-3H3;1H. The van der Waals surface area contributed by atoms with E-state index in [2.05, 4.69) is 5.32 Å². The molecule has 0 unspecified atom stereocenters. The molecule has 0 saturated heterocycles. The van der Waals surface area contributed by atoms with Crippen molar-refractivity contribution in [2.24, 2.45) is 0 Å². The van der Waals surface area contributed by atoms with Gasteiger partial charge in [-0.3, -0.25) is 4.79 Å². The van der Waals surface area contributed by atoms with Crippen LogP contribution in [0.1, 0.15) is 31.1 Å². The van der Waals surface area contributed by atoms with Gasteiger partial charge in [0.25, 0.3) is 0 Å². The van der Waals surface area contributed by atoms with Crippen LogP contribution in [0.15, 0.2) is 18.2 Å². The Morgan fingerprint density at radius 2 is 1.65 bits per heavy atom. The maximum atomic E-state index is 11.7. The van der Waals surface area contributed by atoms with Crippen molar-refractivity contribution in [3.05, 3.63) is 23.8 Å². The van der Waals surface area contributed by atoms with Crippen LogP contribution in [0.4, 0.5) is 0 Å². The number of nitrogens with one attached hydrogen (secondary N) is 1. The SMILES string of the molecule is CC(C)(C)NCC(=O)c1cc(O)cc(O)c1.Cl. The lowest BCUT2D eigenvalue weighted by Gasteiger charge is -2.19. The number of halogens is 1. The van der Waals surface area contributed by atoms with Gasteiger partial charge in [0.2, 0.25) is 0 Å². The van der Waals surface area contributed by atoms with Crippen molar-refractivity contribution in [2.75, 3.05) is 6.54 Å². The van der Waals surface area contributed by atoms with E-state index in [9.17, 15) is 15.0 Å². The van der Waals surface area contributed by atoms with E-state index in [0.717, 1.165) is 0 Å². The fraction of sp³-hybridized carbons (Fsp3) is 0.417. The Morgan fingerprint density at radius 3 is 2.06 bits per heavy atom. The minimum absolute atomic E-state index is 0. The molecule has 17 heavy (non-hydrogen) atoms. The molecule has 0 aliphatic carbocycles. The fourth-order valence-electron chi connectivity index (χ4n) is 1.20. The summed E-state index contributed by atoms with van der Waals surface area (Å²) in [6, 6.07) is 3.87. The zero-order valence-corrected chi connectivity index (χ0v) is 11.0. The fourth-order valence-corrected chi connectivity index (χ4v) is 1.20. The van der Waals surface area contributed by atoms with Crippen LogP contribution in [0.5, 0.6) is 11.5 Å². The molecule has 4 nitrogen and oxygen atoms in total. The first-order valence-electron chi connectivity index (χ1n) is 5.09. The van der Waals surface area contributed by atoms with Crippen LogP contribution in [0.2, 0.25) is 0 Å². The van der Waals surface area contributed by atoms with Gasteiger partial charge in [0, 0.05) is 17.2 Å². The van der Waals surface area contributed by atoms with Gasteiger partial charge in [-0.2, -0.15) is 0 Å². The Kier molecular flexibility index (Phi) is 5.45. The number of hydrogen-bond donors (Lipinski definition) is 3.